The molecule has 1 N–H and O–H groups in total. The number of carbonyl (C=O) groups is 3. The van der Waals surface area contributed by atoms with E-state index in [9.17, 15) is 14.4 Å². The minimum Gasteiger partial charge on any atom is -0.481 e. The minimum atomic E-state index is -0.263. The number of methoxy groups -OCH3 is 1. The van der Waals surface area contributed by atoms with Crippen molar-refractivity contribution in [3.8, 4) is 5.88 Å². The lowest BCUT2D eigenvalue weighted by molar-refractivity contribution is -0.122. The number of aromatic nitrogens is 1. The summed E-state index contributed by atoms with van der Waals surface area (Å²) in [7, 11) is 1.51. The van der Waals surface area contributed by atoms with Crippen molar-refractivity contribution in [3.05, 3.63) is 40.2 Å². The molecule has 0 aliphatic rings. The Morgan fingerprint density at radius 1 is 1.08 bits per heavy atom. The summed E-state index contributed by atoms with van der Waals surface area (Å²) in [6.07, 6.45) is 2.03. The van der Waals surface area contributed by atoms with Gasteiger partial charge in [-0.25, -0.2) is 4.98 Å². The normalized spacial score (nSPS) is 10.3. The Bertz CT molecular complexity index is 753. The third-order valence-corrected chi connectivity index (χ3v) is 4.55. The summed E-state index contributed by atoms with van der Waals surface area (Å²) in [5, 5.41) is 2.67. The van der Waals surface area contributed by atoms with Gasteiger partial charge >= 0.3 is 0 Å². The molecule has 2 aromatic rings. The average molecular weight is 360 g/mol. The monoisotopic (exact) mass is 360 g/mol. The Morgan fingerprint density at radius 3 is 2.44 bits per heavy atom. The van der Waals surface area contributed by atoms with Crippen molar-refractivity contribution in [3.63, 3.8) is 0 Å². The summed E-state index contributed by atoms with van der Waals surface area (Å²) >= 11 is 1.43. The molecule has 0 saturated heterocycles. The fourth-order valence-electron chi connectivity index (χ4n) is 2.14. The number of pyridine rings is 1. The molecule has 0 saturated carbocycles. The maximum Gasteiger partial charge on any atom is 0.224 e. The van der Waals surface area contributed by atoms with E-state index in [0.29, 0.717) is 16.4 Å². The molecule has 0 atom stereocenters. The molecule has 0 aliphatic carbocycles. The first-order valence-electron chi connectivity index (χ1n) is 7.89. The van der Waals surface area contributed by atoms with Crippen molar-refractivity contribution in [2.75, 3.05) is 12.4 Å². The van der Waals surface area contributed by atoms with E-state index in [0.717, 1.165) is 4.88 Å². The predicted molar refractivity (Wildman–Crippen MR) is 96.3 cm³/mol. The molecule has 0 fully saturated rings. The SMILES string of the molecule is COc1ccc(NC(=O)CCC(=O)CCC(=O)c2ccc(C)s2)cn1. The first-order valence-corrected chi connectivity index (χ1v) is 8.71. The Labute approximate surface area is 150 Å². The van der Waals surface area contributed by atoms with E-state index in [2.05, 4.69) is 10.3 Å². The smallest absolute Gasteiger partial charge is 0.224 e. The van der Waals surface area contributed by atoms with Gasteiger partial charge in [0.1, 0.15) is 5.78 Å². The lowest BCUT2D eigenvalue weighted by Crippen LogP contribution is -2.14. The molecule has 25 heavy (non-hydrogen) atoms. The molecule has 1 amide bonds. The maximum absolute atomic E-state index is 12.0. The van der Waals surface area contributed by atoms with Crippen molar-refractivity contribution in [2.45, 2.75) is 32.6 Å². The van der Waals surface area contributed by atoms with Crippen LogP contribution in [0.15, 0.2) is 30.5 Å². The van der Waals surface area contributed by atoms with Crippen molar-refractivity contribution < 1.29 is 19.1 Å². The summed E-state index contributed by atoms with van der Waals surface area (Å²) in [5.41, 5.74) is 0.543. The molecule has 2 aromatic heterocycles. The predicted octanol–water partition coefficient (Wildman–Crippen LogP) is 3.41. The van der Waals surface area contributed by atoms with Crippen LogP contribution in [0.4, 0.5) is 5.69 Å². The van der Waals surface area contributed by atoms with Gasteiger partial charge in [-0.05, 0) is 25.1 Å². The van der Waals surface area contributed by atoms with E-state index < -0.39 is 0 Å². The Hall–Kier alpha value is -2.54. The van der Waals surface area contributed by atoms with Gasteiger partial charge in [0.05, 0.1) is 23.9 Å². The second-order valence-corrected chi connectivity index (χ2v) is 6.80. The number of carbonyl (C=O) groups excluding carboxylic acids is 3. The molecule has 0 bridgehead atoms. The van der Waals surface area contributed by atoms with E-state index >= 15 is 0 Å². The number of nitrogens with zero attached hydrogens (tertiary/aromatic N) is 1. The fraction of sp³-hybridized carbons (Fsp3) is 0.333. The van der Waals surface area contributed by atoms with Crippen LogP contribution in [0.3, 0.4) is 0 Å². The van der Waals surface area contributed by atoms with Crippen LogP contribution >= 0.6 is 11.3 Å². The molecule has 7 heteroatoms. The van der Waals surface area contributed by atoms with E-state index in [1.807, 2.05) is 13.0 Å². The first kappa shape index (κ1) is 18.8. The molecule has 0 aliphatic heterocycles. The highest BCUT2D eigenvalue weighted by Gasteiger charge is 2.12. The zero-order chi connectivity index (χ0) is 18.2. The zero-order valence-corrected chi connectivity index (χ0v) is 15.0. The van der Waals surface area contributed by atoms with Gasteiger partial charge in [0.25, 0.3) is 0 Å². The summed E-state index contributed by atoms with van der Waals surface area (Å²) in [4.78, 5) is 41.4. The van der Waals surface area contributed by atoms with Crippen LogP contribution in [0.2, 0.25) is 0 Å². The molecule has 0 radical (unpaired) electrons. The highest BCUT2D eigenvalue weighted by molar-refractivity contribution is 7.14. The van der Waals surface area contributed by atoms with Crippen molar-refractivity contribution in [1.29, 1.82) is 0 Å². The molecule has 0 spiro atoms. The Kier molecular flexibility index (Phi) is 6.82. The molecule has 132 valence electrons. The number of nitrogens with one attached hydrogen (secondary N) is 1. The van der Waals surface area contributed by atoms with Crippen LogP contribution in [-0.4, -0.2) is 29.6 Å². The summed E-state index contributed by atoms with van der Waals surface area (Å²) in [6, 6.07) is 6.98. The lowest BCUT2D eigenvalue weighted by atomic mass is 10.1. The van der Waals surface area contributed by atoms with Crippen LogP contribution in [0, 0.1) is 6.92 Å². The Morgan fingerprint density at radius 2 is 1.84 bits per heavy atom. The number of hydrogen-bond acceptors (Lipinski definition) is 6. The number of anilines is 1. The summed E-state index contributed by atoms with van der Waals surface area (Å²) in [5.74, 6) is 0.0733. The van der Waals surface area contributed by atoms with E-state index in [4.69, 9.17) is 4.74 Å². The quantitative estimate of drug-likeness (QED) is 0.693. The fourth-order valence-corrected chi connectivity index (χ4v) is 2.97. The summed E-state index contributed by atoms with van der Waals surface area (Å²) in [6.45, 7) is 1.93. The standard InChI is InChI=1S/C18H20N2O4S/c1-12-3-8-16(25-12)15(22)7-5-14(21)6-9-17(23)20-13-4-10-18(24-2)19-11-13/h3-4,8,10-11H,5-7,9H2,1-2H3,(H,20,23). The Balaban J connectivity index is 1.70. The van der Waals surface area contributed by atoms with Gasteiger partial charge in [-0.2, -0.15) is 0 Å². The molecule has 6 nitrogen and oxygen atoms in total. The highest BCUT2D eigenvalue weighted by atomic mass is 32.1. The molecular weight excluding hydrogens is 340 g/mol. The number of ether oxygens (including phenoxy) is 1. The molecule has 2 heterocycles. The number of amides is 1. The number of aryl methyl sites for hydroxylation is 1. The maximum atomic E-state index is 12.0. The van der Waals surface area contributed by atoms with Gasteiger partial charge in [0.15, 0.2) is 5.78 Å². The lowest BCUT2D eigenvalue weighted by Gasteiger charge is -2.05. The van der Waals surface area contributed by atoms with Gasteiger partial charge < -0.3 is 10.1 Å². The van der Waals surface area contributed by atoms with E-state index in [1.54, 1.807) is 18.2 Å². The number of ketones is 2. The number of thiophene rings is 1. The van der Waals surface area contributed by atoms with E-state index in [1.165, 1.54) is 24.6 Å². The molecule has 2 rings (SSSR count). The van der Waals surface area contributed by atoms with Crippen molar-refractivity contribution >= 4 is 34.5 Å². The van der Waals surface area contributed by atoms with Crippen LogP contribution in [0.25, 0.3) is 0 Å². The van der Waals surface area contributed by atoms with Gasteiger partial charge in [-0.3, -0.25) is 14.4 Å². The van der Waals surface area contributed by atoms with Crippen LogP contribution in [-0.2, 0) is 9.59 Å². The minimum absolute atomic E-state index is 0.0276. The third kappa shape index (κ3) is 6.11. The van der Waals surface area contributed by atoms with E-state index in [-0.39, 0.29) is 43.2 Å². The van der Waals surface area contributed by atoms with Crippen LogP contribution < -0.4 is 10.1 Å². The second-order valence-electron chi connectivity index (χ2n) is 5.51. The van der Waals surface area contributed by atoms with Gasteiger partial charge in [-0.15, -0.1) is 11.3 Å². The number of rotatable bonds is 9. The molecular formula is C18H20N2O4S. The molecule has 0 aromatic carbocycles. The molecule has 0 unspecified atom stereocenters. The van der Waals surface area contributed by atoms with Crippen molar-refractivity contribution in [1.82, 2.24) is 4.98 Å². The highest BCUT2D eigenvalue weighted by Crippen LogP contribution is 2.18. The van der Waals surface area contributed by atoms with Gasteiger partial charge in [0, 0.05) is 36.6 Å². The zero-order valence-electron chi connectivity index (χ0n) is 14.2. The number of hydrogen-bond donors (Lipinski definition) is 1. The third-order valence-electron chi connectivity index (χ3n) is 3.51. The van der Waals surface area contributed by atoms with Gasteiger partial charge in [-0.1, -0.05) is 0 Å². The van der Waals surface area contributed by atoms with Crippen LogP contribution in [0.5, 0.6) is 5.88 Å². The topological polar surface area (TPSA) is 85.4 Å². The summed E-state index contributed by atoms with van der Waals surface area (Å²) < 4.78 is 4.94. The van der Waals surface area contributed by atoms with Crippen molar-refractivity contribution in [2.24, 2.45) is 0 Å². The van der Waals surface area contributed by atoms with Gasteiger partial charge in [0.2, 0.25) is 11.8 Å². The number of Topliss-reactive ketones (excluding diaryl/α,β-unsaturated/α-hetero) is 2. The largest absolute Gasteiger partial charge is 0.481 e. The van der Waals surface area contributed by atoms with Crippen LogP contribution in [0.1, 0.15) is 40.2 Å². The first-order chi connectivity index (χ1) is 12.0. The average Bonchev–Trinajstić information content (AvgIpc) is 3.05. The second kappa shape index (κ2) is 9.08.